The Morgan fingerprint density at radius 2 is 1.83 bits per heavy atom. The molecule has 0 aliphatic carbocycles. The molecule has 1 saturated heterocycles. The maximum atomic E-state index is 14.3. The second-order valence-corrected chi connectivity index (χ2v) is 12.8. The van der Waals surface area contributed by atoms with E-state index < -0.39 is 42.1 Å². The minimum Gasteiger partial charge on any atom is -0.496 e. The molecule has 0 saturated carbocycles. The third-order valence-corrected chi connectivity index (χ3v) is 8.92. The van der Waals surface area contributed by atoms with E-state index in [2.05, 4.69) is 21.3 Å². The van der Waals surface area contributed by atoms with Crippen LogP contribution in [0.2, 0.25) is 0 Å². The third-order valence-electron chi connectivity index (χ3n) is 8.92. The summed E-state index contributed by atoms with van der Waals surface area (Å²) >= 11 is 0. The van der Waals surface area contributed by atoms with Gasteiger partial charge in [-0.05, 0) is 55.1 Å². The fraction of sp³-hybridized carbons (Fsp3) is 0.500. The van der Waals surface area contributed by atoms with Crippen LogP contribution in [0.1, 0.15) is 58.1 Å². The summed E-state index contributed by atoms with van der Waals surface area (Å²) in [4.78, 5) is 57.0. The summed E-state index contributed by atoms with van der Waals surface area (Å²) < 4.78 is 11.9. The van der Waals surface area contributed by atoms with Gasteiger partial charge in [-0.3, -0.25) is 19.2 Å². The van der Waals surface area contributed by atoms with Crippen molar-refractivity contribution in [2.24, 2.45) is 11.8 Å². The number of nitrogens with one attached hydrogen (secondary N) is 4. The van der Waals surface area contributed by atoms with Crippen LogP contribution < -0.4 is 30.7 Å². The SMILES string of the molecule is CC[C@H](C)[C@H](NC)C(=O)N[C@@H](CC(C)C)C(=O)N1CC[C@@H]2Oc3ccc(OC)c(c3)/C=C/NC(=O)[C@H](Cc3ccccc3)NC(=O)C21. The molecule has 2 aromatic rings. The smallest absolute Gasteiger partial charge is 0.247 e. The summed E-state index contributed by atoms with van der Waals surface area (Å²) in [6.07, 6.45) is 4.32. The van der Waals surface area contributed by atoms with Gasteiger partial charge >= 0.3 is 0 Å². The number of amides is 4. The average Bonchev–Trinajstić information content (AvgIpc) is 3.47. The molecule has 47 heavy (non-hydrogen) atoms. The number of fused-ring (bicyclic) bond motifs is 3. The van der Waals surface area contributed by atoms with Gasteiger partial charge in [0, 0.05) is 31.1 Å². The second-order valence-electron chi connectivity index (χ2n) is 12.8. The van der Waals surface area contributed by atoms with Crippen molar-refractivity contribution in [1.82, 2.24) is 26.2 Å². The lowest BCUT2D eigenvalue weighted by atomic mass is 9.96. The molecule has 0 aromatic heterocycles. The number of carbonyl (C=O) groups excluding carboxylic acids is 4. The largest absolute Gasteiger partial charge is 0.496 e. The maximum Gasteiger partial charge on any atom is 0.247 e. The highest BCUT2D eigenvalue weighted by atomic mass is 16.5. The van der Waals surface area contributed by atoms with E-state index in [0.717, 1.165) is 12.0 Å². The van der Waals surface area contributed by atoms with Gasteiger partial charge < -0.3 is 35.6 Å². The van der Waals surface area contributed by atoms with Crippen molar-refractivity contribution in [3.8, 4) is 11.5 Å². The molecule has 1 fully saturated rings. The molecule has 2 heterocycles. The van der Waals surface area contributed by atoms with E-state index >= 15 is 0 Å². The minimum absolute atomic E-state index is 0.0529. The molecule has 4 rings (SSSR count). The highest BCUT2D eigenvalue weighted by Crippen LogP contribution is 2.30. The lowest BCUT2D eigenvalue weighted by Gasteiger charge is -2.33. The van der Waals surface area contributed by atoms with E-state index in [9.17, 15) is 19.2 Å². The molecular weight excluding hydrogens is 598 g/mol. The van der Waals surface area contributed by atoms with Crippen molar-refractivity contribution in [3.63, 3.8) is 0 Å². The predicted molar refractivity (Wildman–Crippen MR) is 180 cm³/mol. The summed E-state index contributed by atoms with van der Waals surface area (Å²) in [7, 11) is 3.29. The molecule has 1 unspecified atom stereocenters. The molecule has 11 nitrogen and oxygen atoms in total. The number of hydrogen-bond acceptors (Lipinski definition) is 7. The highest BCUT2D eigenvalue weighted by molar-refractivity contribution is 5.96. The number of hydrogen-bond donors (Lipinski definition) is 4. The van der Waals surface area contributed by atoms with Gasteiger partial charge in [-0.1, -0.05) is 64.4 Å². The first kappa shape index (κ1) is 35.5. The van der Waals surface area contributed by atoms with Crippen LogP contribution >= 0.6 is 0 Å². The van der Waals surface area contributed by atoms with Gasteiger partial charge in [0.2, 0.25) is 23.6 Å². The van der Waals surface area contributed by atoms with Gasteiger partial charge in [0.25, 0.3) is 0 Å². The number of ether oxygens (including phenoxy) is 2. The molecule has 4 N–H and O–H groups in total. The number of rotatable bonds is 11. The molecule has 254 valence electrons. The fourth-order valence-corrected chi connectivity index (χ4v) is 6.23. The van der Waals surface area contributed by atoms with E-state index in [-0.39, 0.29) is 36.6 Å². The normalized spacial score (nSPS) is 22.2. The van der Waals surface area contributed by atoms with Gasteiger partial charge in [-0.2, -0.15) is 0 Å². The van der Waals surface area contributed by atoms with E-state index in [1.54, 1.807) is 38.4 Å². The molecule has 2 bridgehead atoms. The van der Waals surface area contributed by atoms with Crippen molar-refractivity contribution >= 4 is 29.7 Å². The fourth-order valence-electron chi connectivity index (χ4n) is 6.23. The topological polar surface area (TPSA) is 138 Å². The third kappa shape index (κ3) is 8.91. The first-order chi connectivity index (χ1) is 22.6. The Morgan fingerprint density at radius 1 is 1.09 bits per heavy atom. The van der Waals surface area contributed by atoms with Crippen LogP contribution in [0.5, 0.6) is 11.5 Å². The summed E-state index contributed by atoms with van der Waals surface area (Å²) in [5.74, 6) is -0.312. The van der Waals surface area contributed by atoms with Crippen molar-refractivity contribution in [3.05, 3.63) is 65.9 Å². The average molecular weight is 648 g/mol. The predicted octanol–water partition coefficient (Wildman–Crippen LogP) is 3.04. The first-order valence-electron chi connectivity index (χ1n) is 16.5. The van der Waals surface area contributed by atoms with E-state index in [1.165, 1.54) is 11.1 Å². The van der Waals surface area contributed by atoms with Crippen molar-refractivity contribution in [1.29, 1.82) is 0 Å². The van der Waals surface area contributed by atoms with Gasteiger partial charge in [0.15, 0.2) is 0 Å². The van der Waals surface area contributed by atoms with Crippen LogP contribution in [0.3, 0.4) is 0 Å². The summed E-state index contributed by atoms with van der Waals surface area (Å²) in [6.45, 7) is 8.22. The van der Waals surface area contributed by atoms with Crippen molar-refractivity contribution in [2.45, 2.75) is 83.6 Å². The highest BCUT2D eigenvalue weighted by Gasteiger charge is 2.46. The number of likely N-dealkylation sites (N-methyl/N-ethyl adjacent to an activating group) is 1. The van der Waals surface area contributed by atoms with Crippen LogP contribution in [-0.4, -0.2) is 79.5 Å². The number of likely N-dealkylation sites (tertiary alicyclic amines) is 1. The molecule has 2 aliphatic heterocycles. The monoisotopic (exact) mass is 647 g/mol. The molecule has 2 aromatic carbocycles. The molecular formula is C36H49N5O6. The number of carbonyl (C=O) groups is 4. The maximum absolute atomic E-state index is 14.3. The van der Waals surface area contributed by atoms with Crippen molar-refractivity contribution < 1.29 is 28.7 Å². The molecule has 0 spiro atoms. The van der Waals surface area contributed by atoms with E-state index in [1.807, 2.05) is 58.0 Å². The van der Waals surface area contributed by atoms with E-state index in [4.69, 9.17) is 9.47 Å². The Hall–Kier alpha value is -4.38. The summed E-state index contributed by atoms with van der Waals surface area (Å²) in [5.41, 5.74) is 1.54. The van der Waals surface area contributed by atoms with Crippen LogP contribution in [0.4, 0.5) is 0 Å². The Balaban J connectivity index is 1.70. The summed E-state index contributed by atoms with van der Waals surface area (Å²) in [5, 5.41) is 11.8. The Morgan fingerprint density at radius 3 is 2.49 bits per heavy atom. The molecule has 0 radical (unpaired) electrons. The second kappa shape index (κ2) is 16.4. The number of nitrogens with zero attached hydrogens (tertiary/aromatic N) is 1. The standard InChI is InChI=1S/C36H49N5O6/c1-7-23(4)31(37-5)34(43)40-28(19-22(2)3)36(45)41-18-16-30-32(41)35(44)39-27(20-24-11-9-8-10-12-24)33(42)38-17-15-25-21-26(47-30)13-14-29(25)46-6/h8-15,17,21-23,27-28,30-32,37H,7,16,18-20H2,1-6H3,(H,38,42)(H,39,44)(H,40,43)/b17-15+/t23-,27-,28-,30-,31-,32?/m0/s1. The Kier molecular flexibility index (Phi) is 12.4. The van der Waals surface area contributed by atoms with Crippen LogP contribution in [0.25, 0.3) is 6.08 Å². The number of methoxy groups -OCH3 is 1. The first-order valence-corrected chi connectivity index (χ1v) is 16.5. The molecule has 11 heteroatoms. The van der Waals surface area contributed by atoms with Crippen LogP contribution in [-0.2, 0) is 25.6 Å². The Bertz CT molecular complexity index is 1430. The van der Waals surface area contributed by atoms with Gasteiger partial charge in [-0.15, -0.1) is 0 Å². The quantitative estimate of drug-likeness (QED) is 0.294. The zero-order valence-corrected chi connectivity index (χ0v) is 28.2. The lowest BCUT2D eigenvalue weighted by molar-refractivity contribution is -0.144. The summed E-state index contributed by atoms with van der Waals surface area (Å²) in [6, 6.07) is 11.4. The molecule has 2 aliphatic rings. The van der Waals surface area contributed by atoms with Crippen LogP contribution in [0, 0.1) is 11.8 Å². The zero-order chi connectivity index (χ0) is 34.1. The lowest BCUT2D eigenvalue weighted by Crippen LogP contribution is -2.60. The van der Waals surface area contributed by atoms with E-state index in [0.29, 0.717) is 29.9 Å². The van der Waals surface area contributed by atoms with Gasteiger partial charge in [0.05, 0.1) is 13.2 Å². The van der Waals surface area contributed by atoms with Crippen molar-refractivity contribution in [2.75, 3.05) is 20.7 Å². The zero-order valence-electron chi connectivity index (χ0n) is 28.2. The Labute approximate surface area is 277 Å². The minimum atomic E-state index is -1.05. The van der Waals surface area contributed by atoms with Gasteiger partial charge in [0.1, 0.15) is 35.7 Å². The molecule has 6 atom stereocenters. The van der Waals surface area contributed by atoms with Gasteiger partial charge in [-0.25, -0.2) is 0 Å². The van der Waals surface area contributed by atoms with Crippen LogP contribution in [0.15, 0.2) is 54.7 Å². The molecule has 4 amide bonds. The number of benzene rings is 2.